The molecule has 5 heterocycles. The Balaban J connectivity index is 0.00000711. The van der Waals surface area contributed by atoms with Crippen LogP contribution in [0.3, 0.4) is 0 Å². The summed E-state index contributed by atoms with van der Waals surface area (Å²) in [5, 5.41) is 80.3. The van der Waals surface area contributed by atoms with Crippen LogP contribution in [0, 0.1) is 0 Å². The molecule has 0 unspecified atom stereocenters. The summed E-state index contributed by atoms with van der Waals surface area (Å²) in [6, 6.07) is 12.7. The van der Waals surface area contributed by atoms with Crippen molar-refractivity contribution in [2.24, 2.45) is 0 Å². The summed E-state index contributed by atoms with van der Waals surface area (Å²) in [7, 11) is 0. The second kappa shape index (κ2) is 24.1. The van der Waals surface area contributed by atoms with Gasteiger partial charge in [-0.25, -0.2) is 9.97 Å². The number of hydrogen-bond acceptors (Lipinski definition) is 22. The summed E-state index contributed by atoms with van der Waals surface area (Å²) in [6.45, 7) is -4.00. The van der Waals surface area contributed by atoms with E-state index in [0.29, 0.717) is 0 Å². The number of aliphatic hydroxyl groups excluding tert-OH is 8. The van der Waals surface area contributed by atoms with Crippen LogP contribution in [0.5, 0.6) is 46.0 Å². The van der Waals surface area contributed by atoms with E-state index in [2.05, 4.69) is 0 Å². The van der Waals surface area contributed by atoms with Crippen LogP contribution < -0.4 is 47.9 Å². The predicted octanol–water partition coefficient (Wildman–Crippen LogP) is 1.09. The zero-order valence-corrected chi connectivity index (χ0v) is 42.0. The fourth-order valence-electron chi connectivity index (χ4n) is 8.14. The molecule has 73 heavy (non-hydrogen) atoms. The molecule has 3 aromatic heterocycles. The van der Waals surface area contributed by atoms with Crippen LogP contribution in [-0.2, 0) is 19.5 Å². The number of rotatable bonds is 24. The Morgan fingerprint density at radius 3 is 0.644 bits per heavy atom. The first-order valence-electron chi connectivity index (χ1n) is 22.7. The van der Waals surface area contributed by atoms with Crippen LogP contribution >= 0.6 is 0 Å². The van der Waals surface area contributed by atoms with Gasteiger partial charge in [-0.05, 0) is 48.5 Å². The van der Waals surface area contributed by atoms with Crippen molar-refractivity contribution in [1.29, 1.82) is 0 Å². The minimum Gasteiger partial charge on any atom is -0.491 e. The van der Waals surface area contributed by atoms with Gasteiger partial charge < -0.3 is 109 Å². The number of benzene rings is 4. The minimum atomic E-state index is -0.356. The van der Waals surface area contributed by atoms with Crippen LogP contribution in [0.1, 0.15) is 0 Å². The fraction of sp³-hybridized carbons (Fsp3) is 0.333. The normalized spacial score (nSPS) is 11.5. The third-order valence-electron chi connectivity index (χ3n) is 10.8. The molecule has 0 spiro atoms. The van der Waals surface area contributed by atoms with Crippen molar-refractivity contribution in [3.05, 3.63) is 48.5 Å². The molecule has 0 amide bonds. The molecule has 8 N–H and O–H groups in total. The standard InChI is InChI=1S/C48H48N8O16.Zn/c57-9-17-65-25-1-2-26(66-18-10-58)34-33(25)41-49-42(34)54-44-37-29(69-21-13-61)5-6-30(70-22-14-62)38(37)46(51-44)56-48-40-32(72-24-16-64)8-7-31(71-23-15-63)39(40)47(52-48)55-45-36-28(68-20-12-60)4-3-27(67-19-11-59)35(36)43(50-45)53-41;/h1-8,57-64H,9-24H2;/q-2;+2. The number of ether oxygens (including phenoxy) is 8. The molecule has 0 saturated carbocycles. The SMILES string of the molecule is OCCOc1ccc(OCCO)c2c1-c1nc-2nc2[n-]c(nc3nc(nc4[n-]c(n1)c1c(OCCO)ccc(OCCO)c41)-c1c(OCCO)ccc(OCCO)c1-3)c1c(OCCO)ccc(OCCO)c21.[Zn+2]. The molecule has 0 aliphatic carbocycles. The van der Waals surface area contributed by atoms with E-state index in [4.69, 9.17) is 77.8 Å². The molecule has 7 aromatic rings. The number of aliphatic hydroxyl groups is 8. The van der Waals surface area contributed by atoms with Crippen molar-refractivity contribution >= 4 is 44.1 Å². The van der Waals surface area contributed by atoms with Crippen LogP contribution in [0.4, 0.5) is 0 Å². The van der Waals surface area contributed by atoms with Crippen molar-refractivity contribution < 1.29 is 98.2 Å². The molecule has 0 saturated heterocycles. The Labute approximate surface area is 426 Å². The molecule has 2 aliphatic heterocycles. The molecule has 0 fully saturated rings. The van der Waals surface area contributed by atoms with E-state index in [1.54, 1.807) is 48.5 Å². The van der Waals surface area contributed by atoms with Gasteiger partial charge >= 0.3 is 19.5 Å². The third kappa shape index (κ3) is 10.4. The van der Waals surface area contributed by atoms with Crippen LogP contribution in [-0.4, -0.2) is 176 Å². The van der Waals surface area contributed by atoms with E-state index < -0.39 is 0 Å². The van der Waals surface area contributed by atoms with Gasteiger partial charge in [0, 0.05) is 44.1 Å². The minimum absolute atomic E-state index is 0. The van der Waals surface area contributed by atoms with E-state index in [-0.39, 0.29) is 261 Å². The first kappa shape index (κ1) is 52.3. The molecule has 9 rings (SSSR count). The van der Waals surface area contributed by atoms with Gasteiger partial charge in [0.15, 0.2) is 0 Å². The Hall–Kier alpha value is -7.06. The Kier molecular flexibility index (Phi) is 17.3. The van der Waals surface area contributed by atoms with Crippen molar-refractivity contribution in [2.45, 2.75) is 0 Å². The Morgan fingerprint density at radius 2 is 0.452 bits per heavy atom. The Bertz CT molecular complexity index is 2850. The van der Waals surface area contributed by atoms with Crippen molar-refractivity contribution in [3.63, 3.8) is 0 Å². The number of nitrogens with zero attached hydrogens (tertiary/aromatic N) is 8. The van der Waals surface area contributed by atoms with Crippen molar-refractivity contribution in [3.8, 4) is 91.5 Å². The monoisotopic (exact) mass is 1060 g/mol. The van der Waals surface area contributed by atoms with E-state index in [0.717, 1.165) is 0 Å². The number of hydrogen-bond donors (Lipinski definition) is 8. The fourth-order valence-corrected chi connectivity index (χ4v) is 8.14. The van der Waals surface area contributed by atoms with Crippen LogP contribution in [0.25, 0.3) is 89.7 Å². The van der Waals surface area contributed by atoms with E-state index >= 15 is 0 Å². The van der Waals surface area contributed by atoms with Gasteiger partial charge in [0.2, 0.25) is 0 Å². The van der Waals surface area contributed by atoms with E-state index in [1.807, 2.05) is 0 Å². The second-order valence-corrected chi connectivity index (χ2v) is 15.3. The van der Waals surface area contributed by atoms with Gasteiger partial charge in [-0.15, -0.1) is 0 Å². The quantitative estimate of drug-likeness (QED) is 0.0393. The van der Waals surface area contributed by atoms with Gasteiger partial charge in [-0.1, -0.05) is 0 Å². The summed E-state index contributed by atoms with van der Waals surface area (Å²) < 4.78 is 48.7. The van der Waals surface area contributed by atoms with Crippen molar-refractivity contribution in [1.82, 2.24) is 39.9 Å². The first-order chi connectivity index (χ1) is 35.4. The average molecular weight is 1060 g/mol. The predicted molar refractivity (Wildman–Crippen MR) is 255 cm³/mol. The average Bonchev–Trinajstić information content (AvgIpc) is 4.16. The first-order valence-corrected chi connectivity index (χ1v) is 22.7. The summed E-state index contributed by atoms with van der Waals surface area (Å²) in [5.41, 5.74) is 0.810. The van der Waals surface area contributed by atoms with Gasteiger partial charge in [-0.2, -0.15) is 0 Å². The molecule has 4 aromatic carbocycles. The zero-order valence-electron chi connectivity index (χ0n) is 39.1. The van der Waals surface area contributed by atoms with Crippen LogP contribution in [0.15, 0.2) is 48.5 Å². The molecule has 2 aliphatic rings. The molecule has 378 valence electrons. The topological polar surface area (TPSA) is 341 Å². The maximum atomic E-state index is 9.92. The Morgan fingerprint density at radius 1 is 0.274 bits per heavy atom. The molecular formula is C48H48N8O16Zn. The maximum Gasteiger partial charge on any atom is 2.00 e. The zero-order chi connectivity index (χ0) is 50.1. The van der Waals surface area contributed by atoms with E-state index in [1.165, 1.54) is 0 Å². The molecule has 8 bridgehead atoms. The smallest absolute Gasteiger partial charge is 0.491 e. The van der Waals surface area contributed by atoms with Gasteiger partial charge in [0.05, 0.1) is 98.4 Å². The summed E-state index contributed by atoms with van der Waals surface area (Å²) in [4.78, 5) is 40.1. The molecular weight excluding hydrogens is 1010 g/mol. The maximum absolute atomic E-state index is 9.92. The van der Waals surface area contributed by atoms with Gasteiger partial charge in [-0.3, -0.25) is 0 Å². The van der Waals surface area contributed by atoms with Crippen molar-refractivity contribution in [2.75, 3.05) is 106 Å². The number of aromatic nitrogens is 8. The van der Waals surface area contributed by atoms with Gasteiger partial charge in [0.25, 0.3) is 0 Å². The van der Waals surface area contributed by atoms with E-state index in [9.17, 15) is 40.9 Å². The molecule has 24 nitrogen and oxygen atoms in total. The number of fused-ring (bicyclic) bond motifs is 20. The van der Waals surface area contributed by atoms with Gasteiger partial charge in [0.1, 0.15) is 98.9 Å². The van der Waals surface area contributed by atoms with Crippen LogP contribution in [0.2, 0.25) is 0 Å². The molecule has 25 heteroatoms. The largest absolute Gasteiger partial charge is 2.00 e. The third-order valence-corrected chi connectivity index (χ3v) is 10.8. The summed E-state index contributed by atoms with van der Waals surface area (Å²) >= 11 is 0. The molecule has 0 atom stereocenters. The second-order valence-electron chi connectivity index (χ2n) is 15.3. The summed E-state index contributed by atoms with van der Waals surface area (Å²) in [6.07, 6.45) is 0. The summed E-state index contributed by atoms with van der Waals surface area (Å²) in [5.74, 6) is 1.44. The molecule has 0 radical (unpaired) electrons.